The lowest BCUT2D eigenvalue weighted by molar-refractivity contribution is -0.116. The largest absolute Gasteiger partial charge is 0.351 e. The lowest BCUT2D eigenvalue weighted by Gasteiger charge is -2.33. The predicted molar refractivity (Wildman–Crippen MR) is 121 cm³/mol. The van der Waals surface area contributed by atoms with E-state index in [1.807, 2.05) is 35.2 Å². The van der Waals surface area contributed by atoms with Crippen LogP contribution >= 0.6 is 0 Å². The molecule has 5 nitrogen and oxygen atoms in total. The molecular weight excluding hydrogens is 374 g/mol. The number of hydrogen-bond acceptors (Lipinski definition) is 3. The minimum Gasteiger partial charge on any atom is -0.351 e. The van der Waals surface area contributed by atoms with E-state index in [2.05, 4.69) is 29.3 Å². The summed E-state index contributed by atoms with van der Waals surface area (Å²) in [7, 11) is 0. The van der Waals surface area contributed by atoms with Crippen LogP contribution in [0.2, 0.25) is 0 Å². The summed E-state index contributed by atoms with van der Waals surface area (Å²) in [6.07, 6.45) is 4.72. The molecule has 2 aromatic carbocycles. The Hall–Kier alpha value is -2.66. The number of fused-ring (bicyclic) bond motifs is 1. The van der Waals surface area contributed by atoms with Crippen molar-refractivity contribution < 1.29 is 9.59 Å². The molecule has 0 saturated carbocycles. The van der Waals surface area contributed by atoms with Gasteiger partial charge in [0.25, 0.3) is 5.91 Å². The minimum absolute atomic E-state index is 0.0164. The Bertz CT molecular complexity index is 922. The molecule has 1 unspecified atom stereocenters. The van der Waals surface area contributed by atoms with E-state index in [9.17, 15) is 9.59 Å². The molecule has 1 saturated heterocycles. The fourth-order valence-corrected chi connectivity index (χ4v) is 4.63. The number of benzene rings is 2. The smallest absolute Gasteiger partial charge is 0.251 e. The van der Waals surface area contributed by atoms with E-state index >= 15 is 0 Å². The molecule has 0 aliphatic carbocycles. The third kappa shape index (κ3) is 4.41. The Morgan fingerprint density at radius 1 is 1.03 bits per heavy atom. The molecule has 158 valence electrons. The summed E-state index contributed by atoms with van der Waals surface area (Å²) in [5, 5.41) is 3.06. The maximum Gasteiger partial charge on any atom is 0.251 e. The molecule has 2 amide bonds. The summed E-state index contributed by atoms with van der Waals surface area (Å²) >= 11 is 0. The molecule has 30 heavy (non-hydrogen) atoms. The fraction of sp³-hybridized carbons (Fsp3) is 0.440. The van der Waals surface area contributed by atoms with E-state index in [1.165, 1.54) is 24.8 Å². The van der Waals surface area contributed by atoms with E-state index in [0.29, 0.717) is 18.2 Å². The SMILES string of the molecule is CC(=O)N1CCc2cc(-c3ccc(C(=O)NCCN4CCCCC4C)cc3)ccc21. The Morgan fingerprint density at radius 2 is 1.80 bits per heavy atom. The monoisotopic (exact) mass is 405 g/mol. The summed E-state index contributed by atoms with van der Waals surface area (Å²) in [6.45, 7) is 7.37. The third-order valence-electron chi connectivity index (χ3n) is 6.46. The normalized spacial score (nSPS) is 18.9. The highest BCUT2D eigenvalue weighted by atomic mass is 16.2. The van der Waals surface area contributed by atoms with Crippen molar-refractivity contribution >= 4 is 17.5 Å². The summed E-state index contributed by atoms with van der Waals surface area (Å²) < 4.78 is 0. The summed E-state index contributed by atoms with van der Waals surface area (Å²) in [5.74, 6) is 0.0730. The van der Waals surface area contributed by atoms with Crippen LogP contribution in [0.1, 0.15) is 49.0 Å². The van der Waals surface area contributed by atoms with Gasteiger partial charge in [-0.1, -0.05) is 24.6 Å². The molecule has 0 bridgehead atoms. The second-order valence-electron chi connectivity index (χ2n) is 8.48. The van der Waals surface area contributed by atoms with Crippen LogP contribution < -0.4 is 10.2 Å². The number of carbonyl (C=O) groups is 2. The van der Waals surface area contributed by atoms with Crippen LogP contribution in [0.3, 0.4) is 0 Å². The van der Waals surface area contributed by atoms with Crippen molar-refractivity contribution in [3.8, 4) is 11.1 Å². The molecule has 2 aromatic rings. The predicted octanol–water partition coefficient (Wildman–Crippen LogP) is 3.87. The standard InChI is InChI=1S/C25H31N3O2/c1-18-5-3-4-14-27(18)16-13-26-25(30)21-8-6-20(7-9-21)22-10-11-24-23(17-22)12-15-28(24)19(2)29/h6-11,17-18H,3-5,12-16H2,1-2H3,(H,26,30). The second kappa shape index (κ2) is 9.00. The maximum absolute atomic E-state index is 12.5. The quantitative estimate of drug-likeness (QED) is 0.822. The van der Waals surface area contributed by atoms with E-state index in [4.69, 9.17) is 0 Å². The van der Waals surface area contributed by atoms with Crippen LogP contribution in [0, 0.1) is 0 Å². The first-order chi connectivity index (χ1) is 14.5. The highest BCUT2D eigenvalue weighted by Crippen LogP contribution is 2.32. The molecule has 5 heteroatoms. The van der Waals surface area contributed by atoms with Gasteiger partial charge < -0.3 is 10.2 Å². The van der Waals surface area contributed by atoms with E-state index in [-0.39, 0.29) is 11.8 Å². The molecule has 4 rings (SSSR count). The molecular formula is C25H31N3O2. The number of amides is 2. The first-order valence-corrected chi connectivity index (χ1v) is 11.1. The van der Waals surface area contributed by atoms with Crippen molar-refractivity contribution in [1.29, 1.82) is 0 Å². The van der Waals surface area contributed by atoms with Gasteiger partial charge in [0.15, 0.2) is 0 Å². The van der Waals surface area contributed by atoms with Crippen molar-refractivity contribution in [3.63, 3.8) is 0 Å². The van der Waals surface area contributed by atoms with Crippen molar-refractivity contribution in [2.75, 3.05) is 31.1 Å². The summed E-state index contributed by atoms with van der Waals surface area (Å²) in [6, 6.07) is 14.6. The molecule has 0 spiro atoms. The lowest BCUT2D eigenvalue weighted by Crippen LogP contribution is -2.42. The van der Waals surface area contributed by atoms with Gasteiger partial charge in [-0.25, -0.2) is 0 Å². The summed E-state index contributed by atoms with van der Waals surface area (Å²) in [5.41, 5.74) is 5.11. The Kier molecular flexibility index (Phi) is 6.18. The highest BCUT2D eigenvalue weighted by molar-refractivity contribution is 5.95. The minimum atomic E-state index is -0.0164. The molecule has 0 radical (unpaired) electrons. The summed E-state index contributed by atoms with van der Waals surface area (Å²) in [4.78, 5) is 28.5. The van der Waals surface area contributed by atoms with Gasteiger partial charge >= 0.3 is 0 Å². The number of carbonyl (C=O) groups excluding carboxylic acids is 2. The van der Waals surface area contributed by atoms with Crippen molar-refractivity contribution in [1.82, 2.24) is 10.2 Å². The van der Waals surface area contributed by atoms with E-state index in [0.717, 1.165) is 42.9 Å². The van der Waals surface area contributed by atoms with Gasteiger partial charge in [0.1, 0.15) is 0 Å². The number of nitrogens with zero attached hydrogens (tertiary/aromatic N) is 2. The zero-order valence-corrected chi connectivity index (χ0v) is 18.0. The van der Waals surface area contributed by atoms with Gasteiger partial charge in [-0.05, 0) is 73.7 Å². The Morgan fingerprint density at radius 3 is 2.53 bits per heavy atom. The fourth-order valence-electron chi connectivity index (χ4n) is 4.63. The van der Waals surface area contributed by atoms with Crippen LogP contribution in [0.25, 0.3) is 11.1 Å². The van der Waals surface area contributed by atoms with Crippen LogP contribution in [-0.4, -0.2) is 48.9 Å². The Labute approximate surface area is 179 Å². The molecule has 2 heterocycles. The van der Waals surface area contributed by atoms with Gasteiger partial charge in [-0.15, -0.1) is 0 Å². The topological polar surface area (TPSA) is 52.7 Å². The first kappa shape index (κ1) is 20.6. The van der Waals surface area contributed by atoms with Crippen LogP contribution in [0.5, 0.6) is 0 Å². The van der Waals surface area contributed by atoms with Gasteiger partial charge in [0.05, 0.1) is 0 Å². The number of nitrogens with one attached hydrogen (secondary N) is 1. The average Bonchev–Trinajstić information content (AvgIpc) is 3.19. The molecule has 0 aromatic heterocycles. The first-order valence-electron chi connectivity index (χ1n) is 11.1. The molecule has 1 N–H and O–H groups in total. The number of rotatable bonds is 5. The highest BCUT2D eigenvalue weighted by Gasteiger charge is 2.22. The molecule has 2 aliphatic heterocycles. The maximum atomic E-state index is 12.5. The number of likely N-dealkylation sites (tertiary alicyclic amines) is 1. The second-order valence-corrected chi connectivity index (χ2v) is 8.48. The average molecular weight is 406 g/mol. The number of anilines is 1. The number of hydrogen-bond donors (Lipinski definition) is 1. The van der Waals surface area contributed by atoms with Gasteiger partial charge in [0, 0.05) is 43.9 Å². The van der Waals surface area contributed by atoms with Gasteiger partial charge in [0.2, 0.25) is 5.91 Å². The van der Waals surface area contributed by atoms with Crippen LogP contribution in [-0.2, 0) is 11.2 Å². The number of piperidine rings is 1. The van der Waals surface area contributed by atoms with E-state index < -0.39 is 0 Å². The van der Waals surface area contributed by atoms with Gasteiger partial charge in [-0.2, -0.15) is 0 Å². The molecule has 2 aliphatic rings. The molecule has 1 fully saturated rings. The zero-order valence-electron chi connectivity index (χ0n) is 18.0. The van der Waals surface area contributed by atoms with Crippen molar-refractivity contribution in [2.45, 2.75) is 45.6 Å². The van der Waals surface area contributed by atoms with Crippen molar-refractivity contribution in [3.05, 3.63) is 53.6 Å². The van der Waals surface area contributed by atoms with Crippen LogP contribution in [0.15, 0.2) is 42.5 Å². The zero-order chi connectivity index (χ0) is 21.1. The van der Waals surface area contributed by atoms with Gasteiger partial charge in [-0.3, -0.25) is 14.5 Å². The van der Waals surface area contributed by atoms with Crippen molar-refractivity contribution in [2.24, 2.45) is 0 Å². The van der Waals surface area contributed by atoms with E-state index in [1.54, 1.807) is 6.92 Å². The third-order valence-corrected chi connectivity index (χ3v) is 6.46. The van der Waals surface area contributed by atoms with Crippen LogP contribution in [0.4, 0.5) is 5.69 Å². The molecule has 1 atom stereocenters. The Balaban J connectivity index is 1.36. The lowest BCUT2D eigenvalue weighted by atomic mass is 10.0.